The van der Waals surface area contributed by atoms with Crippen LogP contribution in [-0.4, -0.2) is 25.5 Å². The highest BCUT2D eigenvalue weighted by atomic mass is 16.5. The van der Waals surface area contributed by atoms with Crippen LogP contribution in [0.15, 0.2) is 48.0 Å². The molecule has 1 amide bonds. The number of fused-ring (bicyclic) bond motifs is 4. The number of benzene rings is 2. The molecule has 2 aromatic carbocycles. The second kappa shape index (κ2) is 9.10. The maximum atomic E-state index is 13.8. The number of rotatable bonds is 7. The minimum absolute atomic E-state index is 0.184. The summed E-state index contributed by atoms with van der Waals surface area (Å²) in [6.45, 7) is 0.836. The van der Waals surface area contributed by atoms with E-state index in [9.17, 15) is 9.59 Å². The van der Waals surface area contributed by atoms with Crippen LogP contribution in [0.2, 0.25) is 0 Å². The molecule has 0 N–H and O–H groups in total. The van der Waals surface area contributed by atoms with Gasteiger partial charge in [0.2, 0.25) is 5.91 Å². The van der Waals surface area contributed by atoms with E-state index in [-0.39, 0.29) is 17.3 Å². The molecule has 4 nitrogen and oxygen atoms in total. The molecule has 0 aliphatic heterocycles. The molecule has 5 saturated carbocycles. The average Bonchev–Trinajstić information content (AvgIpc) is 3.89. The Bertz CT molecular complexity index is 1270. The summed E-state index contributed by atoms with van der Waals surface area (Å²) in [4.78, 5) is 28.1. The van der Waals surface area contributed by atoms with Crippen LogP contribution in [0.4, 0.5) is 5.69 Å². The molecule has 0 aromatic heterocycles. The molecule has 0 unspecified atom stereocenters. The summed E-state index contributed by atoms with van der Waals surface area (Å²) in [5, 5.41) is 0. The summed E-state index contributed by atoms with van der Waals surface area (Å²) in [6.07, 6.45) is 15.5. The fourth-order valence-electron chi connectivity index (χ4n) is 7.69. The zero-order chi connectivity index (χ0) is 25.9. The van der Waals surface area contributed by atoms with Gasteiger partial charge in [-0.25, -0.2) is 4.79 Å². The molecule has 198 valence electrons. The third-order valence-electron chi connectivity index (χ3n) is 10.6. The van der Waals surface area contributed by atoms with Gasteiger partial charge in [0.05, 0.1) is 7.11 Å². The van der Waals surface area contributed by atoms with E-state index in [4.69, 9.17) is 4.74 Å². The molecule has 5 fully saturated rings. The van der Waals surface area contributed by atoms with Gasteiger partial charge < -0.3 is 9.64 Å². The van der Waals surface area contributed by atoms with Crippen LogP contribution < -0.4 is 4.90 Å². The zero-order valence-corrected chi connectivity index (χ0v) is 22.6. The van der Waals surface area contributed by atoms with Crippen LogP contribution in [0.3, 0.4) is 0 Å². The summed E-state index contributed by atoms with van der Waals surface area (Å²) >= 11 is 0. The Labute approximate surface area is 226 Å². The lowest BCUT2D eigenvalue weighted by atomic mass is 9.51. The predicted octanol–water partition coefficient (Wildman–Crippen LogP) is 7.10. The van der Waals surface area contributed by atoms with Crippen molar-refractivity contribution in [1.29, 1.82) is 0 Å². The molecule has 0 spiro atoms. The molecular weight excluding hydrogens is 470 g/mol. The largest absolute Gasteiger partial charge is 0.466 e. The number of amides is 1. The van der Waals surface area contributed by atoms with Crippen molar-refractivity contribution in [2.75, 3.05) is 18.6 Å². The van der Waals surface area contributed by atoms with E-state index in [1.807, 2.05) is 12.1 Å². The molecule has 8 rings (SSSR count). The Morgan fingerprint density at radius 1 is 0.895 bits per heavy atom. The van der Waals surface area contributed by atoms with Crippen LogP contribution in [0.25, 0.3) is 6.08 Å². The summed E-state index contributed by atoms with van der Waals surface area (Å²) < 4.78 is 4.98. The highest BCUT2D eigenvalue weighted by molar-refractivity contribution is 5.99. The third kappa shape index (κ3) is 4.21. The summed E-state index contributed by atoms with van der Waals surface area (Å²) in [5.41, 5.74) is 7.68. The van der Waals surface area contributed by atoms with Gasteiger partial charge >= 0.3 is 5.97 Å². The lowest BCUT2D eigenvalue weighted by Gasteiger charge is -2.55. The summed E-state index contributed by atoms with van der Waals surface area (Å²) in [5.74, 6) is 1.06. The Balaban J connectivity index is 1.14. The van der Waals surface area contributed by atoms with Crippen molar-refractivity contribution in [3.63, 3.8) is 0 Å². The first kappa shape index (κ1) is 24.2. The van der Waals surface area contributed by atoms with E-state index in [1.165, 1.54) is 69.6 Å². The van der Waals surface area contributed by atoms with Crippen LogP contribution in [0.1, 0.15) is 98.8 Å². The molecule has 0 radical (unpaired) electrons. The normalized spacial score (nSPS) is 27.9. The fourth-order valence-corrected chi connectivity index (χ4v) is 7.69. The average molecular weight is 510 g/mol. The monoisotopic (exact) mass is 509 g/mol. The number of carbonyl (C=O) groups excluding carboxylic acids is 2. The van der Waals surface area contributed by atoms with Gasteiger partial charge in [-0.1, -0.05) is 36.4 Å². The number of methoxy groups -OCH3 is 1. The molecule has 4 heteroatoms. The second-order valence-corrected chi connectivity index (χ2v) is 12.9. The van der Waals surface area contributed by atoms with Crippen molar-refractivity contribution in [2.24, 2.45) is 11.3 Å². The number of anilines is 1. The Morgan fingerprint density at radius 2 is 1.61 bits per heavy atom. The van der Waals surface area contributed by atoms with E-state index >= 15 is 0 Å². The van der Waals surface area contributed by atoms with Crippen LogP contribution in [-0.2, 0) is 26.2 Å². The fraction of sp³-hybridized carbons (Fsp3) is 0.529. The third-order valence-corrected chi connectivity index (χ3v) is 10.6. The van der Waals surface area contributed by atoms with E-state index in [0.29, 0.717) is 17.7 Å². The van der Waals surface area contributed by atoms with Gasteiger partial charge in [-0.05, 0) is 128 Å². The first-order valence-corrected chi connectivity index (χ1v) is 14.8. The molecule has 2 bridgehead atoms. The number of carbonyl (C=O) groups is 2. The van der Waals surface area contributed by atoms with Crippen molar-refractivity contribution < 1.29 is 14.3 Å². The molecule has 6 aliphatic rings. The standard InChI is InChI=1S/C34H39NO3/c1-38-32(37)27-11-14-29-26(21-27)3-2-4-30(29)35(31(36)25-7-8-25)22-33-15-18-34(19-16-33,20-17-33)28-12-9-24(10-13-28)23-5-6-23/h2-4,9-10,12-13,21,23,25H,5-8,11,14-20,22H2,1H3. The van der Waals surface area contributed by atoms with Crippen LogP contribution in [0.5, 0.6) is 0 Å². The van der Waals surface area contributed by atoms with Gasteiger partial charge in [-0.15, -0.1) is 0 Å². The molecule has 2 aromatic rings. The second-order valence-electron chi connectivity index (χ2n) is 12.9. The Morgan fingerprint density at radius 3 is 2.24 bits per heavy atom. The minimum atomic E-state index is -0.249. The van der Waals surface area contributed by atoms with Crippen molar-refractivity contribution in [3.8, 4) is 0 Å². The van der Waals surface area contributed by atoms with Gasteiger partial charge in [0.15, 0.2) is 0 Å². The van der Waals surface area contributed by atoms with E-state index in [2.05, 4.69) is 41.3 Å². The predicted molar refractivity (Wildman–Crippen MR) is 150 cm³/mol. The highest BCUT2D eigenvalue weighted by Gasteiger charge is 2.51. The molecule has 0 heterocycles. The number of esters is 1. The number of nitrogens with zero attached hydrogens (tertiary/aromatic N) is 1. The van der Waals surface area contributed by atoms with Gasteiger partial charge in [-0.2, -0.15) is 0 Å². The van der Waals surface area contributed by atoms with Crippen LogP contribution in [0, 0.1) is 11.3 Å². The van der Waals surface area contributed by atoms with Gasteiger partial charge in [-0.3, -0.25) is 4.79 Å². The van der Waals surface area contributed by atoms with Gasteiger partial charge in [0, 0.05) is 23.7 Å². The molecular formula is C34H39NO3. The first-order valence-electron chi connectivity index (χ1n) is 14.8. The lowest BCUT2D eigenvalue weighted by molar-refractivity contribution is -0.136. The van der Waals surface area contributed by atoms with E-state index in [0.717, 1.165) is 48.5 Å². The minimum Gasteiger partial charge on any atom is -0.466 e. The van der Waals surface area contributed by atoms with Crippen molar-refractivity contribution in [1.82, 2.24) is 0 Å². The Hall–Kier alpha value is -2.88. The van der Waals surface area contributed by atoms with Gasteiger partial charge in [0.25, 0.3) is 0 Å². The topological polar surface area (TPSA) is 46.6 Å². The van der Waals surface area contributed by atoms with Crippen molar-refractivity contribution in [2.45, 2.75) is 88.4 Å². The molecule has 0 atom stereocenters. The van der Waals surface area contributed by atoms with Crippen molar-refractivity contribution in [3.05, 3.63) is 70.3 Å². The lowest BCUT2D eigenvalue weighted by Crippen LogP contribution is -2.51. The summed E-state index contributed by atoms with van der Waals surface area (Å²) in [6, 6.07) is 15.9. The maximum Gasteiger partial charge on any atom is 0.333 e. The maximum absolute atomic E-state index is 13.8. The number of hydrogen-bond donors (Lipinski definition) is 0. The zero-order valence-electron chi connectivity index (χ0n) is 22.6. The van der Waals surface area contributed by atoms with Crippen LogP contribution >= 0.6 is 0 Å². The quantitative estimate of drug-likeness (QED) is 0.374. The smallest absolute Gasteiger partial charge is 0.333 e. The van der Waals surface area contributed by atoms with Gasteiger partial charge in [0.1, 0.15) is 0 Å². The van der Waals surface area contributed by atoms with E-state index < -0.39 is 0 Å². The first-order chi connectivity index (χ1) is 18.5. The molecule has 38 heavy (non-hydrogen) atoms. The SMILES string of the molecule is COC(=O)C1=Cc2cccc(N(CC34CCC(c5ccc(C6CC6)cc5)(CC3)CC4)C(=O)C3CC3)c2CC1. The molecule has 6 aliphatic carbocycles. The Kier molecular flexibility index (Phi) is 5.79. The molecule has 0 saturated heterocycles. The van der Waals surface area contributed by atoms with Crippen molar-refractivity contribution >= 4 is 23.6 Å². The highest BCUT2D eigenvalue weighted by Crippen LogP contribution is 2.58. The number of hydrogen-bond acceptors (Lipinski definition) is 3. The number of ether oxygens (including phenoxy) is 1. The van der Waals surface area contributed by atoms with E-state index in [1.54, 1.807) is 5.56 Å². The summed E-state index contributed by atoms with van der Waals surface area (Å²) in [7, 11) is 1.44.